The minimum Gasteiger partial charge on any atom is -0.489 e. The minimum absolute atomic E-state index is 0.558. The molecule has 1 aliphatic rings. The van der Waals surface area contributed by atoms with Crippen molar-refractivity contribution in [2.45, 2.75) is 25.4 Å². The number of hydrogen-bond acceptors (Lipinski definition) is 2. The van der Waals surface area contributed by atoms with Crippen molar-refractivity contribution >= 4 is 0 Å². The van der Waals surface area contributed by atoms with Crippen molar-refractivity contribution in [2.24, 2.45) is 0 Å². The van der Waals surface area contributed by atoms with Crippen LogP contribution >= 0.6 is 0 Å². The lowest BCUT2D eigenvalue weighted by atomic mass is 10.1. The highest BCUT2D eigenvalue weighted by molar-refractivity contribution is 5.33. The Morgan fingerprint density at radius 2 is 2.06 bits per heavy atom. The molecule has 0 saturated heterocycles. The Balaban J connectivity index is 1.91. The topological polar surface area (TPSA) is 21.3 Å². The van der Waals surface area contributed by atoms with Crippen LogP contribution < -0.4 is 10.1 Å². The van der Waals surface area contributed by atoms with Crippen LogP contribution in [0.4, 0.5) is 0 Å². The van der Waals surface area contributed by atoms with Crippen LogP contribution in [0.15, 0.2) is 49.1 Å². The first-order valence-corrected chi connectivity index (χ1v) is 6.10. The second-order valence-electron chi connectivity index (χ2n) is 4.23. The van der Waals surface area contributed by atoms with Crippen LogP contribution in [0.1, 0.15) is 18.4 Å². The van der Waals surface area contributed by atoms with E-state index in [9.17, 15) is 0 Å². The van der Waals surface area contributed by atoms with Gasteiger partial charge < -0.3 is 10.1 Å². The summed E-state index contributed by atoms with van der Waals surface area (Å²) >= 11 is 0. The maximum atomic E-state index is 5.63. The molecule has 1 N–H and O–H groups in total. The second-order valence-corrected chi connectivity index (χ2v) is 4.23. The van der Waals surface area contributed by atoms with Crippen molar-refractivity contribution < 1.29 is 4.74 Å². The lowest BCUT2D eigenvalue weighted by Crippen LogP contribution is -2.25. The third-order valence-electron chi connectivity index (χ3n) is 2.92. The first kappa shape index (κ1) is 11.9. The lowest BCUT2D eigenvalue weighted by molar-refractivity contribution is 0.356. The van der Waals surface area contributed by atoms with E-state index in [1.165, 1.54) is 5.56 Å². The Hall–Kier alpha value is -1.54. The maximum absolute atomic E-state index is 5.63. The molecule has 0 fully saturated rings. The smallest absolute Gasteiger partial charge is 0.124 e. The third kappa shape index (κ3) is 3.46. The van der Waals surface area contributed by atoms with Gasteiger partial charge in [0, 0.05) is 18.2 Å². The van der Waals surface area contributed by atoms with E-state index in [1.807, 2.05) is 18.2 Å². The van der Waals surface area contributed by atoms with Gasteiger partial charge in [0.25, 0.3) is 0 Å². The minimum atomic E-state index is 0.558. The van der Waals surface area contributed by atoms with Crippen molar-refractivity contribution in [3.8, 4) is 5.75 Å². The number of para-hydroxylation sites is 1. The molecule has 0 aromatic heterocycles. The van der Waals surface area contributed by atoms with Crippen LogP contribution in [0.5, 0.6) is 5.75 Å². The third-order valence-corrected chi connectivity index (χ3v) is 2.92. The molecule has 2 rings (SSSR count). The zero-order chi connectivity index (χ0) is 11.9. The first-order chi connectivity index (χ1) is 8.40. The van der Waals surface area contributed by atoms with Crippen LogP contribution in [-0.2, 0) is 6.54 Å². The van der Waals surface area contributed by atoms with Gasteiger partial charge >= 0.3 is 0 Å². The fourth-order valence-electron chi connectivity index (χ4n) is 1.98. The Kier molecular flexibility index (Phi) is 4.39. The molecular weight excluding hydrogens is 210 g/mol. The van der Waals surface area contributed by atoms with Crippen molar-refractivity contribution in [3.05, 3.63) is 54.6 Å². The molecule has 1 aromatic rings. The highest BCUT2D eigenvalue weighted by atomic mass is 16.5. The van der Waals surface area contributed by atoms with E-state index in [-0.39, 0.29) is 0 Å². The number of rotatable bonds is 6. The van der Waals surface area contributed by atoms with Crippen molar-refractivity contribution in [1.82, 2.24) is 5.32 Å². The summed E-state index contributed by atoms with van der Waals surface area (Å²) in [5.74, 6) is 0.950. The van der Waals surface area contributed by atoms with Crippen LogP contribution in [0.2, 0.25) is 0 Å². The molecule has 0 aliphatic heterocycles. The summed E-state index contributed by atoms with van der Waals surface area (Å²) in [5, 5.41) is 3.55. The molecule has 90 valence electrons. The van der Waals surface area contributed by atoms with Gasteiger partial charge in [-0.1, -0.05) is 43.0 Å². The molecule has 0 spiro atoms. The molecular formula is C15H19NO. The molecule has 1 aliphatic carbocycles. The molecule has 0 amide bonds. The van der Waals surface area contributed by atoms with Crippen LogP contribution in [0, 0.1) is 0 Å². The normalized spacial score (nSPS) is 15.1. The summed E-state index contributed by atoms with van der Waals surface area (Å²) in [7, 11) is 0. The summed E-state index contributed by atoms with van der Waals surface area (Å²) in [6.45, 7) is 5.08. The summed E-state index contributed by atoms with van der Waals surface area (Å²) in [6.07, 6.45) is 8.51. The van der Waals surface area contributed by atoms with Gasteiger partial charge in [0.2, 0.25) is 0 Å². The number of ether oxygens (including phenoxy) is 1. The van der Waals surface area contributed by atoms with E-state index < -0.39 is 0 Å². The standard InChI is InChI=1S/C15H19NO/c1-2-11-17-15-10-6-3-7-13(15)12-16-14-8-4-5-9-14/h2-7,10,14,16H,1,8-9,11-12H2. The van der Waals surface area contributed by atoms with Gasteiger partial charge in [0.15, 0.2) is 0 Å². The quantitative estimate of drug-likeness (QED) is 0.757. The predicted octanol–water partition coefficient (Wildman–Crippen LogP) is 3.06. The van der Waals surface area contributed by atoms with E-state index in [0.717, 1.165) is 25.1 Å². The largest absolute Gasteiger partial charge is 0.489 e. The fraction of sp³-hybridized carbons (Fsp3) is 0.333. The van der Waals surface area contributed by atoms with Crippen LogP contribution in [0.3, 0.4) is 0 Å². The van der Waals surface area contributed by atoms with Gasteiger partial charge in [-0.2, -0.15) is 0 Å². The monoisotopic (exact) mass is 229 g/mol. The Morgan fingerprint density at radius 1 is 1.29 bits per heavy atom. The van der Waals surface area contributed by atoms with Gasteiger partial charge in [-0.25, -0.2) is 0 Å². The van der Waals surface area contributed by atoms with E-state index in [4.69, 9.17) is 4.74 Å². The van der Waals surface area contributed by atoms with Gasteiger partial charge in [-0.15, -0.1) is 0 Å². The first-order valence-electron chi connectivity index (χ1n) is 6.10. The highest BCUT2D eigenvalue weighted by Crippen LogP contribution is 2.19. The van der Waals surface area contributed by atoms with Crippen molar-refractivity contribution in [1.29, 1.82) is 0 Å². The SMILES string of the molecule is C=CCOc1ccccc1CNC1CC=CC1. The Morgan fingerprint density at radius 3 is 2.82 bits per heavy atom. The molecule has 0 unspecified atom stereocenters. The van der Waals surface area contributed by atoms with E-state index in [0.29, 0.717) is 12.6 Å². The average Bonchev–Trinajstić information content (AvgIpc) is 2.88. The van der Waals surface area contributed by atoms with Gasteiger partial charge in [-0.3, -0.25) is 0 Å². The number of hydrogen-bond donors (Lipinski definition) is 1. The molecule has 0 atom stereocenters. The average molecular weight is 229 g/mol. The molecule has 0 radical (unpaired) electrons. The molecule has 17 heavy (non-hydrogen) atoms. The van der Waals surface area contributed by atoms with Crippen molar-refractivity contribution in [3.63, 3.8) is 0 Å². The van der Waals surface area contributed by atoms with Crippen LogP contribution in [-0.4, -0.2) is 12.6 Å². The fourth-order valence-corrected chi connectivity index (χ4v) is 1.98. The molecule has 2 heteroatoms. The summed E-state index contributed by atoms with van der Waals surface area (Å²) in [6, 6.07) is 8.74. The maximum Gasteiger partial charge on any atom is 0.124 e. The lowest BCUT2D eigenvalue weighted by Gasteiger charge is -2.14. The van der Waals surface area contributed by atoms with E-state index >= 15 is 0 Å². The Labute approximate surface area is 103 Å². The van der Waals surface area contributed by atoms with E-state index in [2.05, 4.69) is 30.1 Å². The van der Waals surface area contributed by atoms with Crippen molar-refractivity contribution in [2.75, 3.05) is 6.61 Å². The summed E-state index contributed by atoms with van der Waals surface area (Å²) < 4.78 is 5.63. The van der Waals surface area contributed by atoms with E-state index in [1.54, 1.807) is 6.08 Å². The zero-order valence-corrected chi connectivity index (χ0v) is 10.1. The summed E-state index contributed by atoms with van der Waals surface area (Å²) in [4.78, 5) is 0. The molecule has 2 nitrogen and oxygen atoms in total. The van der Waals surface area contributed by atoms with Gasteiger partial charge in [0.05, 0.1) is 0 Å². The molecule has 0 bridgehead atoms. The van der Waals surface area contributed by atoms with Gasteiger partial charge in [-0.05, 0) is 18.9 Å². The molecule has 0 saturated carbocycles. The number of nitrogens with one attached hydrogen (secondary N) is 1. The molecule has 0 heterocycles. The van der Waals surface area contributed by atoms with Crippen LogP contribution in [0.25, 0.3) is 0 Å². The molecule has 1 aromatic carbocycles. The predicted molar refractivity (Wildman–Crippen MR) is 71.1 cm³/mol. The zero-order valence-electron chi connectivity index (χ0n) is 10.1. The summed E-state index contributed by atoms with van der Waals surface area (Å²) in [5.41, 5.74) is 1.21. The highest BCUT2D eigenvalue weighted by Gasteiger charge is 2.10. The van der Waals surface area contributed by atoms with Gasteiger partial charge in [0.1, 0.15) is 12.4 Å². The second kappa shape index (κ2) is 6.26. The number of benzene rings is 1. The Bertz CT molecular complexity index is 390.